The van der Waals surface area contributed by atoms with Crippen molar-refractivity contribution in [2.24, 2.45) is 23.7 Å². The summed E-state index contributed by atoms with van der Waals surface area (Å²) in [5, 5.41) is 10.6. The first-order chi connectivity index (χ1) is 47.1. The number of ether oxygens (including phenoxy) is 4. The fraction of sp³-hybridized carbons (Fsp3) is 0.949. The molecule has 582 valence electrons. The Balaban J connectivity index is 5.08. The van der Waals surface area contributed by atoms with Crippen molar-refractivity contribution in [3.05, 3.63) is 0 Å². The number of phosphoric ester groups is 2. The van der Waals surface area contributed by atoms with Crippen LogP contribution in [0, 0.1) is 23.7 Å². The SMILES string of the molecule is CCC(C)CCCCCCCCCCCCCCCCCCCCC(=O)OC[C@H](COP(=O)(O)OCC(O)COP(=O)(O)OC[C@@H](COC(=O)CCCCCCCCC(C)C)OC(=O)CCCCCCCCCCCCCCCCCC(C)C)OC(=O)CCCCCCCCC(C)C. The summed E-state index contributed by atoms with van der Waals surface area (Å²) in [5.74, 6) is 0.900. The summed E-state index contributed by atoms with van der Waals surface area (Å²) < 4.78 is 68.5. The van der Waals surface area contributed by atoms with Crippen LogP contribution < -0.4 is 0 Å². The van der Waals surface area contributed by atoms with Crippen LogP contribution in [0.15, 0.2) is 0 Å². The van der Waals surface area contributed by atoms with Crippen LogP contribution in [0.4, 0.5) is 0 Å². The van der Waals surface area contributed by atoms with Gasteiger partial charge in [0.2, 0.25) is 0 Å². The molecule has 0 aliphatic carbocycles. The third-order valence-corrected chi connectivity index (χ3v) is 20.6. The second-order valence-corrected chi connectivity index (χ2v) is 33.0. The first-order valence-corrected chi connectivity index (χ1v) is 43.7. The third-order valence-electron chi connectivity index (χ3n) is 18.7. The number of phosphoric acid groups is 2. The quantitative estimate of drug-likeness (QED) is 0.0222. The minimum Gasteiger partial charge on any atom is -0.462 e. The topological polar surface area (TPSA) is 237 Å². The number of aliphatic hydroxyl groups excluding tert-OH is 1. The Morgan fingerprint density at radius 1 is 0.286 bits per heavy atom. The highest BCUT2D eigenvalue weighted by Gasteiger charge is 2.30. The van der Waals surface area contributed by atoms with Crippen molar-refractivity contribution >= 4 is 39.5 Å². The molecule has 0 aromatic rings. The smallest absolute Gasteiger partial charge is 0.462 e. The number of rotatable bonds is 76. The number of carbonyl (C=O) groups is 4. The molecule has 0 saturated heterocycles. The van der Waals surface area contributed by atoms with E-state index in [9.17, 15) is 43.2 Å². The Bertz CT molecular complexity index is 1920. The van der Waals surface area contributed by atoms with Crippen molar-refractivity contribution in [3.8, 4) is 0 Å². The Kier molecular flexibility index (Phi) is 66.8. The van der Waals surface area contributed by atoms with Gasteiger partial charge < -0.3 is 33.8 Å². The predicted molar refractivity (Wildman–Crippen MR) is 400 cm³/mol. The summed E-state index contributed by atoms with van der Waals surface area (Å²) in [4.78, 5) is 72.8. The summed E-state index contributed by atoms with van der Waals surface area (Å²) >= 11 is 0. The molecule has 0 aliphatic heterocycles. The predicted octanol–water partition coefficient (Wildman–Crippen LogP) is 23.2. The lowest BCUT2D eigenvalue weighted by Crippen LogP contribution is -2.30. The number of esters is 4. The Labute approximate surface area is 600 Å². The van der Waals surface area contributed by atoms with Gasteiger partial charge in [-0.2, -0.15) is 0 Å². The molecular weight excluding hydrogens is 1280 g/mol. The number of carbonyl (C=O) groups excluding carboxylic acids is 4. The molecule has 0 heterocycles. The highest BCUT2D eigenvalue weighted by molar-refractivity contribution is 7.47. The Hall–Kier alpha value is -1.94. The summed E-state index contributed by atoms with van der Waals surface area (Å²) in [6.45, 7) is 14.1. The minimum atomic E-state index is -4.96. The minimum absolute atomic E-state index is 0.102. The fourth-order valence-electron chi connectivity index (χ4n) is 12.0. The van der Waals surface area contributed by atoms with E-state index in [4.69, 9.17) is 37.0 Å². The maximum absolute atomic E-state index is 13.1. The molecule has 0 aliphatic rings. The molecule has 98 heavy (non-hydrogen) atoms. The zero-order valence-electron chi connectivity index (χ0n) is 64.4. The number of hydrogen-bond donors (Lipinski definition) is 3. The van der Waals surface area contributed by atoms with Gasteiger partial charge in [0.1, 0.15) is 19.3 Å². The van der Waals surface area contributed by atoms with Crippen molar-refractivity contribution in [1.82, 2.24) is 0 Å². The lowest BCUT2D eigenvalue weighted by atomic mass is 9.99. The molecule has 0 spiro atoms. The second kappa shape index (κ2) is 68.2. The van der Waals surface area contributed by atoms with Crippen LogP contribution in [0.25, 0.3) is 0 Å². The summed E-state index contributed by atoms with van der Waals surface area (Å²) in [6, 6.07) is 0. The number of hydrogen-bond acceptors (Lipinski definition) is 15. The zero-order chi connectivity index (χ0) is 72.4. The monoisotopic (exact) mass is 1440 g/mol. The van der Waals surface area contributed by atoms with Crippen LogP contribution in [-0.2, 0) is 65.4 Å². The summed E-state index contributed by atoms with van der Waals surface area (Å²) in [5.41, 5.74) is 0. The van der Waals surface area contributed by atoms with E-state index in [1.807, 2.05) is 0 Å². The van der Waals surface area contributed by atoms with Gasteiger partial charge in [0.15, 0.2) is 12.2 Å². The number of aliphatic hydroxyl groups is 1. The zero-order valence-corrected chi connectivity index (χ0v) is 66.2. The van der Waals surface area contributed by atoms with E-state index in [1.165, 1.54) is 199 Å². The standard InChI is InChI=1S/C79H154O17P2/c1-9-72(8)58-50-42-32-28-24-20-16-12-10-11-13-17-21-25-29-33-43-51-59-76(81)89-65-75(96-79(84)62-54-46-38-36-41-49-57-71(6)7)68-94-98(87,88)92-64-73(80)63-91-97(85,86)93-67-74(66-90-77(82)60-52-44-37-35-40-48-56-70(4)5)95-78(83)61-53-45-34-30-26-22-18-14-15-19-23-27-31-39-47-55-69(2)3/h69-75,80H,9-68H2,1-8H3,(H,85,86)(H,87,88)/t72?,73?,74-,75-/m1/s1. The van der Waals surface area contributed by atoms with E-state index >= 15 is 0 Å². The molecule has 0 amide bonds. The van der Waals surface area contributed by atoms with Crippen molar-refractivity contribution in [2.45, 2.75) is 420 Å². The molecule has 19 heteroatoms. The van der Waals surface area contributed by atoms with E-state index in [0.717, 1.165) is 108 Å². The molecule has 6 atom stereocenters. The first-order valence-electron chi connectivity index (χ1n) is 40.7. The average Bonchev–Trinajstić information content (AvgIpc) is 0.943. The molecule has 0 saturated carbocycles. The van der Waals surface area contributed by atoms with Gasteiger partial charge in [-0.1, -0.05) is 351 Å². The van der Waals surface area contributed by atoms with Crippen molar-refractivity contribution in [1.29, 1.82) is 0 Å². The molecule has 3 N–H and O–H groups in total. The van der Waals surface area contributed by atoms with E-state index in [-0.39, 0.29) is 25.7 Å². The molecular formula is C79H154O17P2. The van der Waals surface area contributed by atoms with Gasteiger partial charge in [0.05, 0.1) is 26.4 Å². The Morgan fingerprint density at radius 3 is 0.724 bits per heavy atom. The molecule has 0 aromatic heterocycles. The molecule has 0 radical (unpaired) electrons. The van der Waals surface area contributed by atoms with Crippen LogP contribution in [0.3, 0.4) is 0 Å². The largest absolute Gasteiger partial charge is 0.472 e. The summed E-state index contributed by atoms with van der Waals surface area (Å²) in [7, 11) is -9.91. The Morgan fingerprint density at radius 2 is 0.490 bits per heavy atom. The number of unbranched alkanes of at least 4 members (excludes halogenated alkanes) is 41. The van der Waals surface area contributed by atoms with E-state index in [2.05, 4.69) is 55.4 Å². The summed E-state index contributed by atoms with van der Waals surface area (Å²) in [6.07, 6.45) is 54.6. The van der Waals surface area contributed by atoms with Gasteiger partial charge in [0, 0.05) is 25.7 Å². The van der Waals surface area contributed by atoms with Crippen LogP contribution in [-0.4, -0.2) is 96.7 Å². The van der Waals surface area contributed by atoms with Gasteiger partial charge in [-0.3, -0.25) is 37.3 Å². The van der Waals surface area contributed by atoms with E-state index in [0.29, 0.717) is 37.5 Å². The van der Waals surface area contributed by atoms with Gasteiger partial charge >= 0.3 is 39.5 Å². The van der Waals surface area contributed by atoms with Gasteiger partial charge in [-0.05, 0) is 49.4 Å². The van der Waals surface area contributed by atoms with Crippen LogP contribution in [0.2, 0.25) is 0 Å². The van der Waals surface area contributed by atoms with E-state index < -0.39 is 97.5 Å². The fourth-order valence-corrected chi connectivity index (χ4v) is 13.6. The van der Waals surface area contributed by atoms with Gasteiger partial charge in [0.25, 0.3) is 0 Å². The molecule has 0 bridgehead atoms. The lowest BCUT2D eigenvalue weighted by molar-refractivity contribution is -0.161. The first kappa shape index (κ1) is 96.1. The molecule has 0 aromatic carbocycles. The van der Waals surface area contributed by atoms with Crippen LogP contribution in [0.1, 0.15) is 402 Å². The normalized spacial score (nSPS) is 14.3. The van der Waals surface area contributed by atoms with Gasteiger partial charge in [-0.25, -0.2) is 9.13 Å². The molecule has 0 fully saturated rings. The highest BCUT2D eigenvalue weighted by atomic mass is 31.2. The average molecular weight is 1440 g/mol. The van der Waals surface area contributed by atoms with Crippen molar-refractivity contribution < 1.29 is 80.2 Å². The molecule has 0 rings (SSSR count). The third kappa shape index (κ3) is 71.1. The van der Waals surface area contributed by atoms with E-state index in [1.54, 1.807) is 0 Å². The lowest BCUT2D eigenvalue weighted by Gasteiger charge is -2.21. The van der Waals surface area contributed by atoms with Crippen LogP contribution >= 0.6 is 15.6 Å². The van der Waals surface area contributed by atoms with Gasteiger partial charge in [-0.15, -0.1) is 0 Å². The van der Waals surface area contributed by atoms with Crippen molar-refractivity contribution in [3.63, 3.8) is 0 Å². The maximum Gasteiger partial charge on any atom is 0.472 e. The molecule has 17 nitrogen and oxygen atoms in total. The molecule has 4 unspecified atom stereocenters. The van der Waals surface area contributed by atoms with Crippen LogP contribution in [0.5, 0.6) is 0 Å². The highest BCUT2D eigenvalue weighted by Crippen LogP contribution is 2.45. The second-order valence-electron chi connectivity index (χ2n) is 30.1. The van der Waals surface area contributed by atoms with Crippen molar-refractivity contribution in [2.75, 3.05) is 39.6 Å². The maximum atomic E-state index is 13.1.